The van der Waals surface area contributed by atoms with Crippen molar-refractivity contribution < 1.29 is 13.9 Å². The molecular formula is C19H22ClFN2O2. The van der Waals surface area contributed by atoms with Crippen molar-refractivity contribution in [1.82, 2.24) is 10.2 Å². The standard InChI is InChI=1S/C19H21FN2O2.ClH/c1-24-18-9-5-3-7-15(18)17-13-21-10-11-22(17)19(23)12-14-6-2-4-8-16(14)20;/h2-9,17,21H,10-13H2,1H3;1H. The highest BCUT2D eigenvalue weighted by molar-refractivity contribution is 5.85. The van der Waals surface area contributed by atoms with E-state index in [9.17, 15) is 9.18 Å². The zero-order valence-electron chi connectivity index (χ0n) is 14.1. The second-order valence-corrected chi connectivity index (χ2v) is 5.82. The van der Waals surface area contributed by atoms with Gasteiger partial charge in [-0.25, -0.2) is 4.39 Å². The predicted molar refractivity (Wildman–Crippen MR) is 97.7 cm³/mol. The fourth-order valence-corrected chi connectivity index (χ4v) is 3.13. The van der Waals surface area contributed by atoms with Crippen molar-refractivity contribution in [1.29, 1.82) is 0 Å². The third-order valence-corrected chi connectivity index (χ3v) is 4.36. The van der Waals surface area contributed by atoms with E-state index in [1.54, 1.807) is 25.3 Å². The summed E-state index contributed by atoms with van der Waals surface area (Å²) in [5.41, 5.74) is 1.40. The third-order valence-electron chi connectivity index (χ3n) is 4.36. The van der Waals surface area contributed by atoms with Crippen molar-refractivity contribution in [2.45, 2.75) is 12.5 Å². The van der Waals surface area contributed by atoms with E-state index in [4.69, 9.17) is 4.74 Å². The van der Waals surface area contributed by atoms with E-state index in [0.717, 1.165) is 17.9 Å². The maximum atomic E-state index is 13.9. The van der Waals surface area contributed by atoms with Crippen LogP contribution in [-0.2, 0) is 11.2 Å². The van der Waals surface area contributed by atoms with Gasteiger partial charge in [0.15, 0.2) is 0 Å². The number of piperazine rings is 1. The zero-order valence-corrected chi connectivity index (χ0v) is 14.9. The van der Waals surface area contributed by atoms with Crippen LogP contribution in [0, 0.1) is 5.82 Å². The van der Waals surface area contributed by atoms with Crippen LogP contribution >= 0.6 is 12.4 Å². The van der Waals surface area contributed by atoms with Gasteiger partial charge < -0.3 is 15.0 Å². The summed E-state index contributed by atoms with van der Waals surface area (Å²) >= 11 is 0. The van der Waals surface area contributed by atoms with Gasteiger partial charge in [-0.1, -0.05) is 36.4 Å². The van der Waals surface area contributed by atoms with Crippen molar-refractivity contribution in [2.24, 2.45) is 0 Å². The van der Waals surface area contributed by atoms with Gasteiger partial charge in [-0.3, -0.25) is 4.79 Å². The highest BCUT2D eigenvalue weighted by Crippen LogP contribution is 2.30. The third kappa shape index (κ3) is 4.30. The van der Waals surface area contributed by atoms with Crippen LogP contribution in [0.1, 0.15) is 17.2 Å². The molecular weight excluding hydrogens is 343 g/mol. The van der Waals surface area contributed by atoms with Gasteiger partial charge in [0.1, 0.15) is 11.6 Å². The molecule has 0 spiro atoms. The molecule has 1 fully saturated rings. The molecule has 3 rings (SSSR count). The van der Waals surface area contributed by atoms with Crippen LogP contribution < -0.4 is 10.1 Å². The Morgan fingerprint density at radius 2 is 1.96 bits per heavy atom. The Labute approximate surface area is 153 Å². The van der Waals surface area contributed by atoms with Gasteiger partial charge in [-0.15, -0.1) is 12.4 Å². The number of benzene rings is 2. The van der Waals surface area contributed by atoms with Crippen LogP contribution in [0.15, 0.2) is 48.5 Å². The molecule has 6 heteroatoms. The monoisotopic (exact) mass is 364 g/mol. The lowest BCUT2D eigenvalue weighted by Gasteiger charge is -2.37. The molecule has 0 bridgehead atoms. The van der Waals surface area contributed by atoms with E-state index >= 15 is 0 Å². The molecule has 1 N–H and O–H groups in total. The molecule has 134 valence electrons. The number of para-hydroxylation sites is 1. The number of halogens is 2. The van der Waals surface area contributed by atoms with Gasteiger partial charge in [-0.2, -0.15) is 0 Å². The number of nitrogens with one attached hydrogen (secondary N) is 1. The Bertz CT molecular complexity index is 726. The average Bonchev–Trinajstić information content (AvgIpc) is 2.63. The number of carbonyl (C=O) groups excluding carboxylic acids is 1. The maximum absolute atomic E-state index is 13.9. The molecule has 1 amide bonds. The molecule has 25 heavy (non-hydrogen) atoms. The molecule has 1 unspecified atom stereocenters. The molecule has 0 saturated carbocycles. The van der Waals surface area contributed by atoms with E-state index < -0.39 is 0 Å². The topological polar surface area (TPSA) is 41.6 Å². The summed E-state index contributed by atoms with van der Waals surface area (Å²) in [6, 6.07) is 14.0. The van der Waals surface area contributed by atoms with Gasteiger partial charge in [0, 0.05) is 25.2 Å². The molecule has 1 aliphatic rings. The Morgan fingerprint density at radius 1 is 1.24 bits per heavy atom. The molecule has 1 aliphatic heterocycles. The first-order chi connectivity index (χ1) is 11.7. The van der Waals surface area contributed by atoms with Crippen molar-refractivity contribution >= 4 is 18.3 Å². The molecule has 0 aliphatic carbocycles. The summed E-state index contributed by atoms with van der Waals surface area (Å²) in [6.07, 6.45) is 0.0678. The van der Waals surface area contributed by atoms with E-state index in [1.165, 1.54) is 6.07 Å². The molecule has 2 aromatic carbocycles. The first-order valence-electron chi connectivity index (χ1n) is 8.07. The lowest BCUT2D eigenvalue weighted by atomic mass is 10.0. The van der Waals surface area contributed by atoms with E-state index in [-0.39, 0.29) is 36.6 Å². The minimum atomic E-state index is -0.338. The summed E-state index contributed by atoms with van der Waals surface area (Å²) in [5.74, 6) is 0.349. The molecule has 0 radical (unpaired) electrons. The van der Waals surface area contributed by atoms with Crippen molar-refractivity contribution in [3.05, 3.63) is 65.5 Å². The van der Waals surface area contributed by atoms with Crippen molar-refractivity contribution in [3.63, 3.8) is 0 Å². The Morgan fingerprint density at radius 3 is 2.72 bits per heavy atom. The van der Waals surface area contributed by atoms with Crippen molar-refractivity contribution in [2.75, 3.05) is 26.7 Å². The lowest BCUT2D eigenvalue weighted by molar-refractivity contribution is -0.133. The summed E-state index contributed by atoms with van der Waals surface area (Å²) in [4.78, 5) is 14.6. The van der Waals surface area contributed by atoms with Gasteiger partial charge in [-0.05, 0) is 17.7 Å². The Hall–Kier alpha value is -2.11. The number of methoxy groups -OCH3 is 1. The van der Waals surface area contributed by atoms with E-state index in [0.29, 0.717) is 18.7 Å². The largest absolute Gasteiger partial charge is 0.496 e. The highest BCUT2D eigenvalue weighted by Gasteiger charge is 2.29. The molecule has 1 atom stereocenters. The second-order valence-electron chi connectivity index (χ2n) is 5.82. The fourth-order valence-electron chi connectivity index (χ4n) is 3.13. The van der Waals surface area contributed by atoms with E-state index in [1.807, 2.05) is 29.2 Å². The van der Waals surface area contributed by atoms with Gasteiger partial charge in [0.05, 0.1) is 19.6 Å². The summed E-state index contributed by atoms with van der Waals surface area (Å²) < 4.78 is 19.3. The number of carbonyl (C=O) groups is 1. The Kier molecular flexibility index (Phi) is 6.79. The second kappa shape index (κ2) is 8.83. The molecule has 4 nitrogen and oxygen atoms in total. The number of hydrogen-bond acceptors (Lipinski definition) is 3. The summed E-state index contributed by atoms with van der Waals surface area (Å²) in [6.45, 7) is 1.98. The molecule has 1 saturated heterocycles. The van der Waals surface area contributed by atoms with Gasteiger partial charge in [0.25, 0.3) is 0 Å². The summed E-state index contributed by atoms with van der Waals surface area (Å²) in [7, 11) is 1.63. The van der Waals surface area contributed by atoms with Crippen LogP contribution in [0.3, 0.4) is 0 Å². The fraction of sp³-hybridized carbons (Fsp3) is 0.316. The highest BCUT2D eigenvalue weighted by atomic mass is 35.5. The normalized spacial score (nSPS) is 16.9. The number of hydrogen-bond donors (Lipinski definition) is 1. The quantitative estimate of drug-likeness (QED) is 0.906. The van der Waals surface area contributed by atoms with E-state index in [2.05, 4.69) is 5.32 Å². The average molecular weight is 365 g/mol. The van der Waals surface area contributed by atoms with Gasteiger partial charge in [0.2, 0.25) is 5.91 Å². The molecule has 2 aromatic rings. The first kappa shape index (κ1) is 19.2. The number of rotatable bonds is 4. The van der Waals surface area contributed by atoms with Gasteiger partial charge >= 0.3 is 0 Å². The van der Waals surface area contributed by atoms with Crippen LogP contribution in [0.5, 0.6) is 5.75 Å². The van der Waals surface area contributed by atoms with Crippen LogP contribution in [0.2, 0.25) is 0 Å². The molecule has 1 heterocycles. The smallest absolute Gasteiger partial charge is 0.227 e. The minimum absolute atomic E-state index is 0. The molecule has 0 aromatic heterocycles. The minimum Gasteiger partial charge on any atom is -0.496 e. The number of ether oxygens (including phenoxy) is 1. The SMILES string of the molecule is COc1ccccc1C1CNCCN1C(=O)Cc1ccccc1F.Cl. The number of nitrogens with zero attached hydrogens (tertiary/aromatic N) is 1. The van der Waals surface area contributed by atoms with Crippen LogP contribution in [0.25, 0.3) is 0 Å². The first-order valence-corrected chi connectivity index (χ1v) is 8.07. The number of amides is 1. The summed E-state index contributed by atoms with van der Waals surface area (Å²) in [5, 5.41) is 3.32. The zero-order chi connectivity index (χ0) is 16.9. The lowest BCUT2D eigenvalue weighted by Crippen LogP contribution is -2.49. The van der Waals surface area contributed by atoms with Crippen LogP contribution in [0.4, 0.5) is 4.39 Å². The van der Waals surface area contributed by atoms with Crippen LogP contribution in [-0.4, -0.2) is 37.6 Å². The maximum Gasteiger partial charge on any atom is 0.227 e. The predicted octanol–water partition coefficient (Wildman–Crippen LogP) is 2.97. The Balaban J connectivity index is 0.00000225. The van der Waals surface area contributed by atoms with Crippen molar-refractivity contribution in [3.8, 4) is 5.75 Å².